The van der Waals surface area contributed by atoms with Gasteiger partial charge >= 0.3 is 0 Å². The number of anilines is 1. The number of ether oxygens (including phenoxy) is 1. The van der Waals surface area contributed by atoms with Gasteiger partial charge in [-0.3, -0.25) is 4.79 Å². The van der Waals surface area contributed by atoms with Crippen molar-refractivity contribution in [1.82, 2.24) is 4.90 Å². The quantitative estimate of drug-likeness (QED) is 0.723. The molecular formula is C11H16N2O3. The SMILES string of the molecule is COc1ccc(N)cc1C(=O)N(C)CCO. The van der Waals surface area contributed by atoms with Gasteiger partial charge in [-0.25, -0.2) is 0 Å². The molecule has 0 spiro atoms. The predicted octanol–water partition coefficient (Wildman–Crippen LogP) is 0.342. The molecule has 88 valence electrons. The molecule has 1 amide bonds. The lowest BCUT2D eigenvalue weighted by molar-refractivity contribution is 0.0763. The first-order valence-corrected chi connectivity index (χ1v) is 4.90. The number of amides is 1. The summed E-state index contributed by atoms with van der Waals surface area (Å²) in [5.74, 6) is 0.252. The molecule has 0 aliphatic heterocycles. The van der Waals surface area contributed by atoms with Crippen LogP contribution in [-0.4, -0.2) is 43.2 Å². The van der Waals surface area contributed by atoms with Gasteiger partial charge in [-0.05, 0) is 18.2 Å². The third kappa shape index (κ3) is 2.64. The zero-order chi connectivity index (χ0) is 12.1. The number of aliphatic hydroxyl groups is 1. The highest BCUT2D eigenvalue weighted by Gasteiger charge is 2.16. The Morgan fingerprint density at radius 2 is 2.25 bits per heavy atom. The van der Waals surface area contributed by atoms with Gasteiger partial charge in [0.15, 0.2) is 0 Å². The molecule has 1 aromatic carbocycles. The summed E-state index contributed by atoms with van der Waals surface area (Å²) in [4.78, 5) is 13.4. The highest BCUT2D eigenvalue weighted by molar-refractivity contribution is 5.97. The fourth-order valence-corrected chi connectivity index (χ4v) is 1.35. The standard InChI is InChI=1S/C11H16N2O3/c1-13(5-6-14)11(15)9-7-8(12)3-4-10(9)16-2/h3-4,7,14H,5-6,12H2,1-2H3. The van der Waals surface area contributed by atoms with Crippen LogP contribution in [0.25, 0.3) is 0 Å². The van der Waals surface area contributed by atoms with E-state index in [1.54, 1.807) is 25.2 Å². The van der Waals surface area contributed by atoms with E-state index in [9.17, 15) is 4.79 Å². The number of nitrogen functional groups attached to an aromatic ring is 1. The Kier molecular flexibility index (Phi) is 4.13. The third-order valence-corrected chi connectivity index (χ3v) is 2.24. The van der Waals surface area contributed by atoms with Crippen molar-refractivity contribution in [2.45, 2.75) is 0 Å². The first kappa shape index (κ1) is 12.3. The summed E-state index contributed by atoms with van der Waals surface area (Å²) in [6.45, 7) is 0.198. The largest absolute Gasteiger partial charge is 0.496 e. The van der Waals surface area contributed by atoms with Gasteiger partial charge in [0.25, 0.3) is 5.91 Å². The van der Waals surface area contributed by atoms with Crippen molar-refractivity contribution in [2.24, 2.45) is 0 Å². The Labute approximate surface area is 94.4 Å². The summed E-state index contributed by atoms with van der Waals surface area (Å²) in [7, 11) is 3.11. The maximum Gasteiger partial charge on any atom is 0.257 e. The number of benzene rings is 1. The summed E-state index contributed by atoms with van der Waals surface area (Å²) in [6.07, 6.45) is 0. The van der Waals surface area contributed by atoms with Gasteiger partial charge in [0.05, 0.1) is 19.3 Å². The van der Waals surface area contributed by atoms with E-state index in [1.165, 1.54) is 12.0 Å². The second-order valence-electron chi connectivity index (χ2n) is 3.41. The van der Waals surface area contributed by atoms with E-state index in [0.29, 0.717) is 17.0 Å². The first-order valence-electron chi connectivity index (χ1n) is 4.90. The van der Waals surface area contributed by atoms with E-state index < -0.39 is 0 Å². The van der Waals surface area contributed by atoms with Crippen LogP contribution in [-0.2, 0) is 0 Å². The molecule has 1 rings (SSSR count). The van der Waals surface area contributed by atoms with Crippen LogP contribution in [0, 0.1) is 0 Å². The number of likely N-dealkylation sites (N-methyl/N-ethyl adjacent to an activating group) is 1. The molecule has 0 fully saturated rings. The molecule has 0 saturated heterocycles. The van der Waals surface area contributed by atoms with Crippen LogP contribution in [0.3, 0.4) is 0 Å². The number of methoxy groups -OCH3 is 1. The smallest absolute Gasteiger partial charge is 0.257 e. The van der Waals surface area contributed by atoms with Crippen LogP contribution in [0.15, 0.2) is 18.2 Å². The number of aliphatic hydroxyl groups excluding tert-OH is 1. The van der Waals surface area contributed by atoms with Crippen LogP contribution in [0.1, 0.15) is 10.4 Å². The lowest BCUT2D eigenvalue weighted by Gasteiger charge is -2.17. The Morgan fingerprint density at radius 3 is 2.81 bits per heavy atom. The Bertz CT molecular complexity index is 379. The van der Waals surface area contributed by atoms with Gasteiger partial charge in [-0.15, -0.1) is 0 Å². The normalized spacial score (nSPS) is 9.94. The zero-order valence-electron chi connectivity index (χ0n) is 9.43. The second-order valence-corrected chi connectivity index (χ2v) is 3.41. The molecule has 0 aliphatic carbocycles. The molecule has 5 nitrogen and oxygen atoms in total. The highest BCUT2D eigenvalue weighted by atomic mass is 16.5. The molecule has 0 bridgehead atoms. The topological polar surface area (TPSA) is 75.8 Å². The van der Waals surface area contributed by atoms with E-state index in [-0.39, 0.29) is 19.1 Å². The molecule has 1 aromatic rings. The zero-order valence-corrected chi connectivity index (χ0v) is 9.43. The average Bonchev–Trinajstić information content (AvgIpc) is 2.28. The monoisotopic (exact) mass is 224 g/mol. The lowest BCUT2D eigenvalue weighted by Crippen LogP contribution is -2.29. The Hall–Kier alpha value is -1.75. The summed E-state index contributed by atoms with van der Waals surface area (Å²) >= 11 is 0. The van der Waals surface area contributed by atoms with E-state index in [4.69, 9.17) is 15.6 Å². The second kappa shape index (κ2) is 5.37. The van der Waals surface area contributed by atoms with Crippen molar-refractivity contribution < 1.29 is 14.6 Å². The fourth-order valence-electron chi connectivity index (χ4n) is 1.35. The molecule has 0 radical (unpaired) electrons. The highest BCUT2D eigenvalue weighted by Crippen LogP contribution is 2.22. The minimum Gasteiger partial charge on any atom is -0.496 e. The van der Waals surface area contributed by atoms with Gasteiger partial charge < -0.3 is 20.5 Å². The van der Waals surface area contributed by atoms with Crippen molar-refractivity contribution in [3.05, 3.63) is 23.8 Å². The van der Waals surface area contributed by atoms with E-state index in [1.807, 2.05) is 0 Å². The van der Waals surface area contributed by atoms with Gasteiger partial charge in [0, 0.05) is 19.3 Å². The van der Waals surface area contributed by atoms with Gasteiger partial charge in [0.2, 0.25) is 0 Å². The molecule has 0 atom stereocenters. The Morgan fingerprint density at radius 1 is 1.56 bits per heavy atom. The molecule has 3 N–H and O–H groups in total. The van der Waals surface area contributed by atoms with E-state index in [0.717, 1.165) is 0 Å². The third-order valence-electron chi connectivity index (χ3n) is 2.24. The summed E-state index contributed by atoms with van der Waals surface area (Å²) in [5.41, 5.74) is 6.52. The average molecular weight is 224 g/mol. The van der Waals surface area contributed by atoms with Crippen molar-refractivity contribution in [3.63, 3.8) is 0 Å². The van der Waals surface area contributed by atoms with E-state index in [2.05, 4.69) is 0 Å². The van der Waals surface area contributed by atoms with Crippen LogP contribution < -0.4 is 10.5 Å². The number of carbonyl (C=O) groups excluding carboxylic acids is 1. The summed E-state index contributed by atoms with van der Waals surface area (Å²) in [5, 5.41) is 8.76. The first-order chi connectivity index (χ1) is 7.60. The van der Waals surface area contributed by atoms with Crippen molar-refractivity contribution in [2.75, 3.05) is 33.0 Å². The molecule has 5 heteroatoms. The predicted molar refractivity (Wildman–Crippen MR) is 61.5 cm³/mol. The number of hydrogen-bond acceptors (Lipinski definition) is 4. The van der Waals surface area contributed by atoms with Gasteiger partial charge in [0.1, 0.15) is 5.75 Å². The Balaban J connectivity index is 3.01. The lowest BCUT2D eigenvalue weighted by atomic mass is 10.1. The molecule has 0 aromatic heterocycles. The molecule has 0 aliphatic rings. The van der Waals surface area contributed by atoms with Crippen molar-refractivity contribution in [3.8, 4) is 5.75 Å². The molecule has 0 unspecified atom stereocenters. The van der Waals surface area contributed by atoms with Crippen LogP contribution in [0.5, 0.6) is 5.75 Å². The van der Waals surface area contributed by atoms with E-state index >= 15 is 0 Å². The van der Waals surface area contributed by atoms with Crippen molar-refractivity contribution in [1.29, 1.82) is 0 Å². The maximum atomic E-state index is 11.9. The minimum atomic E-state index is -0.224. The summed E-state index contributed by atoms with van der Waals surface area (Å²) < 4.78 is 5.08. The molecular weight excluding hydrogens is 208 g/mol. The van der Waals surface area contributed by atoms with Crippen LogP contribution >= 0.6 is 0 Å². The van der Waals surface area contributed by atoms with Crippen molar-refractivity contribution >= 4 is 11.6 Å². The number of hydrogen-bond donors (Lipinski definition) is 2. The number of rotatable bonds is 4. The number of nitrogens with zero attached hydrogens (tertiary/aromatic N) is 1. The van der Waals surface area contributed by atoms with Crippen LogP contribution in [0.4, 0.5) is 5.69 Å². The van der Waals surface area contributed by atoms with Gasteiger partial charge in [-0.1, -0.05) is 0 Å². The van der Waals surface area contributed by atoms with Gasteiger partial charge in [-0.2, -0.15) is 0 Å². The molecule has 16 heavy (non-hydrogen) atoms. The number of nitrogens with two attached hydrogens (primary N) is 1. The summed E-state index contributed by atoms with van der Waals surface area (Å²) in [6, 6.07) is 4.88. The fraction of sp³-hybridized carbons (Fsp3) is 0.364. The number of carbonyl (C=O) groups is 1. The maximum absolute atomic E-state index is 11.9. The molecule has 0 saturated carbocycles. The van der Waals surface area contributed by atoms with Crippen LogP contribution in [0.2, 0.25) is 0 Å². The molecule has 0 heterocycles. The minimum absolute atomic E-state index is 0.0765.